The van der Waals surface area contributed by atoms with E-state index in [2.05, 4.69) is 31.2 Å². The molecule has 1 aromatic carbocycles. The molecule has 0 spiro atoms. The quantitative estimate of drug-likeness (QED) is 0.797. The summed E-state index contributed by atoms with van der Waals surface area (Å²) in [6.07, 6.45) is 0. The number of carbonyl (C=O) groups is 1. The van der Waals surface area contributed by atoms with Gasteiger partial charge in [-0.25, -0.2) is 0 Å². The molecule has 0 aliphatic rings. The molecule has 0 heterocycles. The number of rotatable bonds is 5. The third-order valence-corrected chi connectivity index (χ3v) is 5.24. The molecule has 3 N–H and O–H groups in total. The standard InChI is InChI=1S/C11H15NO2Te/c1-8-2-4-9(5-3-8)6-15-7-10(12)11(13)14/h2-5,10H,6-7,12H2,1H3,(H,13,14)/t10-/m0/s1. The first-order valence-electron chi connectivity index (χ1n) is 4.71. The van der Waals surface area contributed by atoms with Gasteiger partial charge in [-0.2, -0.15) is 0 Å². The Bertz CT molecular complexity index is 324. The number of benzene rings is 1. The van der Waals surface area contributed by atoms with Crippen molar-refractivity contribution >= 4 is 26.9 Å². The molecular weight excluding hydrogens is 306 g/mol. The molecule has 0 saturated carbocycles. The summed E-state index contributed by atoms with van der Waals surface area (Å²) in [4.78, 5) is 10.5. The maximum atomic E-state index is 10.5. The molecule has 1 atom stereocenters. The Hall–Kier alpha value is -0.560. The molecular formula is C11H15NO2Te. The third kappa shape index (κ3) is 4.65. The van der Waals surface area contributed by atoms with Gasteiger partial charge in [0, 0.05) is 0 Å². The summed E-state index contributed by atoms with van der Waals surface area (Å²) < 4.78 is 1.68. The van der Waals surface area contributed by atoms with Crippen molar-refractivity contribution in [2.45, 2.75) is 21.9 Å². The van der Waals surface area contributed by atoms with Crippen molar-refractivity contribution < 1.29 is 9.90 Å². The van der Waals surface area contributed by atoms with Crippen LogP contribution in [0.15, 0.2) is 24.3 Å². The van der Waals surface area contributed by atoms with E-state index in [1.165, 1.54) is 11.1 Å². The van der Waals surface area contributed by atoms with Gasteiger partial charge < -0.3 is 0 Å². The second-order valence-corrected chi connectivity index (χ2v) is 6.39. The minimum absolute atomic E-state index is 0.318. The summed E-state index contributed by atoms with van der Waals surface area (Å²) in [6.45, 7) is 2.06. The molecule has 0 aliphatic carbocycles. The number of hydrogen-bond acceptors (Lipinski definition) is 2. The summed E-state index contributed by atoms with van der Waals surface area (Å²) in [5, 5.41) is 8.61. The van der Waals surface area contributed by atoms with Crippen molar-refractivity contribution in [3.05, 3.63) is 35.4 Å². The molecule has 1 aromatic rings. The van der Waals surface area contributed by atoms with Crippen molar-refractivity contribution in [2.75, 3.05) is 0 Å². The molecule has 0 bridgehead atoms. The predicted molar refractivity (Wildman–Crippen MR) is 61.1 cm³/mol. The van der Waals surface area contributed by atoms with Crippen LogP contribution in [0.2, 0.25) is 4.47 Å². The average molecular weight is 321 g/mol. The average Bonchev–Trinajstić information content (AvgIpc) is 2.20. The zero-order chi connectivity index (χ0) is 11.3. The molecule has 1 rings (SSSR count). The fraction of sp³-hybridized carbons (Fsp3) is 0.364. The Kier molecular flexibility index (Phi) is 5.10. The number of nitrogens with two attached hydrogens (primary N) is 1. The molecule has 3 nitrogen and oxygen atoms in total. The molecule has 82 valence electrons. The monoisotopic (exact) mass is 323 g/mol. The van der Waals surface area contributed by atoms with Crippen LogP contribution >= 0.6 is 0 Å². The molecule has 0 fully saturated rings. The molecule has 0 amide bonds. The zero-order valence-corrected chi connectivity index (χ0v) is 11.0. The van der Waals surface area contributed by atoms with Crippen LogP contribution in [0.25, 0.3) is 0 Å². The van der Waals surface area contributed by atoms with Gasteiger partial charge in [0.1, 0.15) is 0 Å². The summed E-state index contributed by atoms with van der Waals surface area (Å²) >= 11 is -0.318. The Morgan fingerprint density at radius 2 is 2.07 bits per heavy atom. The number of hydrogen-bond donors (Lipinski definition) is 2. The van der Waals surface area contributed by atoms with Crippen LogP contribution in [0.1, 0.15) is 11.1 Å². The SMILES string of the molecule is Cc1ccc(C[Te]C[C@H](N)C(=O)O)cc1. The van der Waals surface area contributed by atoms with Gasteiger partial charge in [0.2, 0.25) is 0 Å². The normalized spacial score (nSPS) is 12.4. The molecule has 4 heteroatoms. The first kappa shape index (κ1) is 12.5. The first-order chi connectivity index (χ1) is 7.09. The number of aliphatic carboxylic acids is 1. The van der Waals surface area contributed by atoms with E-state index in [-0.39, 0.29) is 20.9 Å². The van der Waals surface area contributed by atoms with Gasteiger partial charge in [-0.3, -0.25) is 0 Å². The second kappa shape index (κ2) is 6.12. The molecule has 0 unspecified atom stereocenters. The Morgan fingerprint density at radius 3 is 2.60 bits per heavy atom. The predicted octanol–water partition coefficient (Wildman–Crippen LogP) is 1.03. The van der Waals surface area contributed by atoms with Gasteiger partial charge in [0.25, 0.3) is 0 Å². The Labute approximate surface area is 99.8 Å². The third-order valence-electron chi connectivity index (χ3n) is 2.00. The summed E-state index contributed by atoms with van der Waals surface area (Å²) in [5.41, 5.74) is 7.98. The van der Waals surface area contributed by atoms with Crippen LogP contribution in [0, 0.1) is 6.92 Å². The van der Waals surface area contributed by atoms with Gasteiger partial charge >= 0.3 is 99.8 Å². The van der Waals surface area contributed by atoms with Gasteiger partial charge in [-0.15, -0.1) is 0 Å². The fourth-order valence-corrected chi connectivity index (χ4v) is 3.75. The van der Waals surface area contributed by atoms with Crippen LogP contribution < -0.4 is 5.73 Å². The number of carboxylic acid groups (broad SMARTS) is 1. The van der Waals surface area contributed by atoms with E-state index in [4.69, 9.17) is 10.8 Å². The van der Waals surface area contributed by atoms with Gasteiger partial charge in [-0.1, -0.05) is 0 Å². The van der Waals surface area contributed by atoms with Gasteiger partial charge in [0.15, 0.2) is 0 Å². The number of aryl methyl sites for hydroxylation is 1. The molecule has 0 radical (unpaired) electrons. The Balaban J connectivity index is 2.32. The summed E-state index contributed by atoms with van der Waals surface area (Å²) in [6, 6.07) is 7.70. The van der Waals surface area contributed by atoms with Crippen molar-refractivity contribution in [1.82, 2.24) is 0 Å². The van der Waals surface area contributed by atoms with Crippen LogP contribution in [0.4, 0.5) is 0 Å². The van der Waals surface area contributed by atoms with E-state index in [0.717, 1.165) is 4.47 Å². The van der Waals surface area contributed by atoms with Crippen LogP contribution in [-0.2, 0) is 9.26 Å². The van der Waals surface area contributed by atoms with E-state index >= 15 is 0 Å². The molecule has 0 saturated heterocycles. The van der Waals surface area contributed by atoms with Gasteiger partial charge in [-0.05, 0) is 0 Å². The number of carboxylic acids is 1. The summed E-state index contributed by atoms with van der Waals surface area (Å²) in [7, 11) is 0. The molecule has 0 aliphatic heterocycles. The van der Waals surface area contributed by atoms with Crippen molar-refractivity contribution in [3.63, 3.8) is 0 Å². The van der Waals surface area contributed by atoms with E-state index in [9.17, 15) is 4.79 Å². The molecule has 15 heavy (non-hydrogen) atoms. The summed E-state index contributed by atoms with van der Waals surface area (Å²) in [5.74, 6) is -0.885. The molecule has 0 aromatic heterocycles. The second-order valence-electron chi connectivity index (χ2n) is 3.45. The minimum atomic E-state index is -0.885. The van der Waals surface area contributed by atoms with Crippen molar-refractivity contribution in [2.24, 2.45) is 5.73 Å². The maximum absolute atomic E-state index is 10.5. The first-order valence-corrected chi connectivity index (χ1v) is 8.01. The van der Waals surface area contributed by atoms with E-state index in [1.54, 1.807) is 0 Å². The van der Waals surface area contributed by atoms with Crippen molar-refractivity contribution in [3.8, 4) is 0 Å². The van der Waals surface area contributed by atoms with E-state index < -0.39 is 12.0 Å². The van der Waals surface area contributed by atoms with E-state index in [0.29, 0.717) is 4.47 Å². The Morgan fingerprint density at radius 1 is 1.47 bits per heavy atom. The van der Waals surface area contributed by atoms with Gasteiger partial charge in [0.05, 0.1) is 0 Å². The van der Waals surface area contributed by atoms with Crippen LogP contribution in [0.3, 0.4) is 0 Å². The van der Waals surface area contributed by atoms with Crippen molar-refractivity contribution in [1.29, 1.82) is 0 Å². The fourth-order valence-electron chi connectivity index (χ4n) is 1.06. The van der Waals surface area contributed by atoms with Crippen LogP contribution in [0.5, 0.6) is 0 Å². The topological polar surface area (TPSA) is 63.3 Å². The zero-order valence-electron chi connectivity index (χ0n) is 8.64. The van der Waals surface area contributed by atoms with E-state index in [1.807, 2.05) is 0 Å². The van der Waals surface area contributed by atoms with Crippen LogP contribution in [-0.4, -0.2) is 38.0 Å².